The average Bonchev–Trinajstić information content (AvgIpc) is 2.81. The number of carbonyl (C=O) groups is 1. The van der Waals surface area contributed by atoms with Gasteiger partial charge in [-0.15, -0.1) is 0 Å². The van der Waals surface area contributed by atoms with Crippen LogP contribution in [0.5, 0.6) is 0 Å². The van der Waals surface area contributed by atoms with Gasteiger partial charge in [0.15, 0.2) is 0 Å². The van der Waals surface area contributed by atoms with E-state index >= 15 is 0 Å². The second kappa shape index (κ2) is 7.53. The molecule has 0 amide bonds. The third kappa shape index (κ3) is 4.38. The summed E-state index contributed by atoms with van der Waals surface area (Å²) in [6.45, 7) is 3.92. The van der Waals surface area contributed by atoms with Gasteiger partial charge in [-0.3, -0.25) is 4.79 Å². The largest absolute Gasteiger partial charge is 0.465 e. The minimum Gasteiger partial charge on any atom is -0.465 e. The zero-order chi connectivity index (χ0) is 15.3. The molecule has 0 saturated carbocycles. The van der Waals surface area contributed by atoms with Crippen molar-refractivity contribution in [3.63, 3.8) is 0 Å². The minimum atomic E-state index is -3.65. The van der Waals surface area contributed by atoms with E-state index in [4.69, 9.17) is 4.74 Å². The summed E-state index contributed by atoms with van der Waals surface area (Å²) in [5.74, 6) is -0.445. The van der Waals surface area contributed by atoms with Crippen molar-refractivity contribution in [2.24, 2.45) is 0 Å². The van der Waals surface area contributed by atoms with Crippen LogP contribution in [0.3, 0.4) is 0 Å². The average molecular weight is 319 g/mol. The maximum atomic E-state index is 12.5. The molecule has 2 atom stereocenters. The Labute approximate surface area is 126 Å². The third-order valence-electron chi connectivity index (χ3n) is 3.93. The molecule has 2 saturated heterocycles. The second-order valence-corrected chi connectivity index (χ2v) is 7.20. The number of rotatable bonds is 5. The molecule has 0 aromatic carbocycles. The van der Waals surface area contributed by atoms with Gasteiger partial charge in [0.2, 0.25) is 0 Å². The molecule has 7 nitrogen and oxygen atoms in total. The van der Waals surface area contributed by atoms with Crippen LogP contribution in [0.1, 0.15) is 39.0 Å². The first-order valence-electron chi connectivity index (χ1n) is 7.71. The van der Waals surface area contributed by atoms with Crippen molar-refractivity contribution in [1.82, 2.24) is 14.3 Å². The highest BCUT2D eigenvalue weighted by atomic mass is 32.2. The summed E-state index contributed by atoms with van der Waals surface area (Å²) in [6, 6.07) is -0.790. The molecule has 2 aliphatic rings. The maximum Gasteiger partial charge on any atom is 0.324 e. The number of nitrogens with one attached hydrogen (secondary N) is 2. The van der Waals surface area contributed by atoms with Crippen LogP contribution in [0, 0.1) is 0 Å². The van der Waals surface area contributed by atoms with Gasteiger partial charge >= 0.3 is 5.97 Å². The molecular weight excluding hydrogens is 294 g/mol. The molecule has 0 aromatic rings. The summed E-state index contributed by atoms with van der Waals surface area (Å²) in [6.07, 6.45) is 4.11. The Morgan fingerprint density at radius 2 is 2.14 bits per heavy atom. The number of carbonyl (C=O) groups excluding carboxylic acids is 1. The van der Waals surface area contributed by atoms with Crippen LogP contribution < -0.4 is 10.0 Å². The van der Waals surface area contributed by atoms with Gasteiger partial charge in [0.25, 0.3) is 10.2 Å². The SMILES string of the molecule is CCOC(=O)C1CCCN1S(=O)(=O)NC1CCCCNC1. The highest BCUT2D eigenvalue weighted by Gasteiger charge is 2.40. The quantitative estimate of drug-likeness (QED) is 0.696. The van der Waals surface area contributed by atoms with Crippen LogP contribution >= 0.6 is 0 Å². The van der Waals surface area contributed by atoms with Gasteiger partial charge in [-0.1, -0.05) is 6.42 Å². The predicted octanol–water partition coefficient (Wildman–Crippen LogP) is -0.00960. The van der Waals surface area contributed by atoms with E-state index in [0.717, 1.165) is 25.8 Å². The molecule has 0 spiro atoms. The van der Waals surface area contributed by atoms with Crippen molar-refractivity contribution < 1.29 is 17.9 Å². The lowest BCUT2D eigenvalue weighted by Crippen LogP contribution is -2.51. The van der Waals surface area contributed by atoms with E-state index in [9.17, 15) is 13.2 Å². The molecule has 2 fully saturated rings. The Morgan fingerprint density at radius 3 is 2.90 bits per heavy atom. The second-order valence-electron chi connectivity index (χ2n) is 5.54. The molecule has 0 aliphatic carbocycles. The van der Waals surface area contributed by atoms with Crippen molar-refractivity contribution in [2.75, 3.05) is 26.2 Å². The van der Waals surface area contributed by atoms with Crippen molar-refractivity contribution in [3.8, 4) is 0 Å². The van der Waals surface area contributed by atoms with Crippen LogP contribution in [0.2, 0.25) is 0 Å². The molecule has 2 unspecified atom stereocenters. The normalized spacial score (nSPS) is 28.2. The lowest BCUT2D eigenvalue weighted by Gasteiger charge is -2.25. The van der Waals surface area contributed by atoms with Crippen molar-refractivity contribution in [1.29, 1.82) is 0 Å². The van der Waals surface area contributed by atoms with Gasteiger partial charge in [-0.25, -0.2) is 0 Å². The molecule has 2 heterocycles. The number of hydrogen-bond donors (Lipinski definition) is 2. The van der Waals surface area contributed by atoms with E-state index in [1.807, 2.05) is 0 Å². The topological polar surface area (TPSA) is 87.7 Å². The lowest BCUT2D eigenvalue weighted by atomic mass is 10.2. The maximum absolute atomic E-state index is 12.5. The standard InChI is InChI=1S/C13H25N3O4S/c1-2-20-13(17)12-7-5-9-16(12)21(18,19)15-11-6-3-4-8-14-10-11/h11-12,14-15H,2-10H2,1H3. The number of nitrogens with zero attached hydrogens (tertiary/aromatic N) is 1. The highest BCUT2D eigenvalue weighted by Crippen LogP contribution is 2.22. The summed E-state index contributed by atoms with van der Waals surface area (Å²) < 4.78 is 34.0. The summed E-state index contributed by atoms with van der Waals surface area (Å²) in [5.41, 5.74) is 0. The number of hydrogen-bond acceptors (Lipinski definition) is 5. The van der Waals surface area contributed by atoms with Crippen molar-refractivity contribution in [2.45, 2.75) is 51.1 Å². The van der Waals surface area contributed by atoms with Gasteiger partial charge in [-0.05, 0) is 39.2 Å². The lowest BCUT2D eigenvalue weighted by molar-refractivity contribution is -0.146. The Kier molecular flexibility index (Phi) is 5.98. The summed E-state index contributed by atoms with van der Waals surface area (Å²) in [5, 5.41) is 3.23. The smallest absolute Gasteiger partial charge is 0.324 e. The van der Waals surface area contributed by atoms with E-state index in [-0.39, 0.29) is 12.6 Å². The van der Waals surface area contributed by atoms with Crippen LogP contribution in [0.15, 0.2) is 0 Å². The fourth-order valence-electron chi connectivity index (χ4n) is 2.90. The molecule has 0 aromatic heterocycles. The van der Waals surface area contributed by atoms with Crippen LogP contribution in [-0.2, 0) is 19.7 Å². The summed E-state index contributed by atoms with van der Waals surface area (Å²) in [4.78, 5) is 11.9. The molecule has 2 rings (SSSR count). The van der Waals surface area contributed by atoms with E-state index in [1.54, 1.807) is 6.92 Å². The first-order chi connectivity index (χ1) is 10.0. The zero-order valence-corrected chi connectivity index (χ0v) is 13.3. The Bertz CT molecular complexity index is 446. The van der Waals surface area contributed by atoms with Crippen LogP contribution in [0.25, 0.3) is 0 Å². The van der Waals surface area contributed by atoms with E-state index in [1.165, 1.54) is 4.31 Å². The van der Waals surface area contributed by atoms with Crippen molar-refractivity contribution >= 4 is 16.2 Å². The summed E-state index contributed by atoms with van der Waals surface area (Å²) >= 11 is 0. The predicted molar refractivity (Wildman–Crippen MR) is 78.9 cm³/mol. The van der Waals surface area contributed by atoms with Crippen LogP contribution in [0.4, 0.5) is 0 Å². The summed E-state index contributed by atoms with van der Waals surface area (Å²) in [7, 11) is -3.65. The van der Waals surface area contributed by atoms with E-state index in [2.05, 4.69) is 10.0 Å². The first-order valence-corrected chi connectivity index (χ1v) is 9.15. The monoisotopic (exact) mass is 319 g/mol. The molecule has 21 heavy (non-hydrogen) atoms. The molecule has 0 radical (unpaired) electrons. The molecule has 2 aliphatic heterocycles. The van der Waals surface area contributed by atoms with Gasteiger partial charge in [0, 0.05) is 19.1 Å². The molecule has 122 valence electrons. The molecule has 0 bridgehead atoms. The highest BCUT2D eigenvalue weighted by molar-refractivity contribution is 7.87. The number of ether oxygens (including phenoxy) is 1. The van der Waals surface area contributed by atoms with Gasteiger partial charge in [0.1, 0.15) is 6.04 Å². The Morgan fingerprint density at radius 1 is 1.33 bits per heavy atom. The molecular formula is C13H25N3O4S. The molecule has 2 N–H and O–H groups in total. The van der Waals surface area contributed by atoms with Gasteiger partial charge < -0.3 is 10.1 Å². The van der Waals surface area contributed by atoms with Gasteiger partial charge in [0.05, 0.1) is 6.61 Å². The first kappa shape index (κ1) is 16.7. The fraction of sp³-hybridized carbons (Fsp3) is 0.923. The Balaban J connectivity index is 2.01. The molecule has 8 heteroatoms. The third-order valence-corrected chi connectivity index (χ3v) is 5.62. The number of esters is 1. The van der Waals surface area contributed by atoms with E-state index in [0.29, 0.717) is 25.9 Å². The van der Waals surface area contributed by atoms with Crippen molar-refractivity contribution in [3.05, 3.63) is 0 Å². The van der Waals surface area contributed by atoms with E-state index < -0.39 is 22.2 Å². The zero-order valence-electron chi connectivity index (χ0n) is 12.5. The minimum absolute atomic E-state index is 0.110. The fourth-order valence-corrected chi connectivity index (χ4v) is 4.55. The van der Waals surface area contributed by atoms with Crippen LogP contribution in [-0.4, -0.2) is 57.0 Å². The Hall–Kier alpha value is -0.700. The van der Waals surface area contributed by atoms with Gasteiger partial charge in [-0.2, -0.15) is 17.4 Å².